The minimum absolute atomic E-state index is 0.550. The molecular weight excluding hydrogens is 238 g/mol. The normalized spacial score (nSPS) is 12.9. The van der Waals surface area contributed by atoms with Crippen LogP contribution >= 0.6 is 22.7 Å². The van der Waals surface area contributed by atoms with Crippen LogP contribution in [-0.4, -0.2) is 16.0 Å². The monoisotopic (exact) mass is 253 g/mol. The Morgan fingerprint density at radius 2 is 2.31 bits per heavy atom. The minimum atomic E-state index is 0.550. The summed E-state index contributed by atoms with van der Waals surface area (Å²) in [5.41, 5.74) is 2.96. The van der Waals surface area contributed by atoms with Crippen LogP contribution in [0.25, 0.3) is 9.88 Å². The summed E-state index contributed by atoms with van der Waals surface area (Å²) in [6, 6.07) is 0.550. The van der Waals surface area contributed by atoms with E-state index in [9.17, 15) is 0 Å². The zero-order valence-electron chi connectivity index (χ0n) is 9.43. The van der Waals surface area contributed by atoms with Crippen LogP contribution in [0.5, 0.6) is 0 Å². The molecule has 0 spiro atoms. The average Bonchev–Trinajstić information content (AvgIpc) is 2.95. The van der Waals surface area contributed by atoms with Crippen LogP contribution in [0.3, 0.4) is 0 Å². The summed E-state index contributed by atoms with van der Waals surface area (Å²) >= 11 is 3.32. The molecule has 2 aromatic heterocycles. The van der Waals surface area contributed by atoms with Gasteiger partial charge in [0.05, 0.1) is 16.1 Å². The third-order valence-corrected chi connectivity index (χ3v) is 4.27. The van der Waals surface area contributed by atoms with Gasteiger partial charge in [-0.2, -0.15) is 0 Å². The highest BCUT2D eigenvalue weighted by molar-refractivity contribution is 7.19. The highest BCUT2D eigenvalue weighted by Crippen LogP contribution is 2.26. The van der Waals surface area contributed by atoms with E-state index in [0.717, 1.165) is 28.5 Å². The van der Waals surface area contributed by atoms with Crippen molar-refractivity contribution < 1.29 is 0 Å². The number of thiazole rings is 2. The van der Waals surface area contributed by atoms with E-state index in [1.165, 1.54) is 0 Å². The Morgan fingerprint density at radius 1 is 1.44 bits per heavy atom. The topological polar surface area (TPSA) is 37.8 Å². The Balaban J connectivity index is 1.98. The first-order valence-electron chi connectivity index (χ1n) is 5.36. The van der Waals surface area contributed by atoms with Gasteiger partial charge < -0.3 is 5.32 Å². The first kappa shape index (κ1) is 11.7. The predicted molar refractivity (Wildman–Crippen MR) is 69.8 cm³/mol. The molecule has 2 heterocycles. The molecule has 0 aliphatic rings. The van der Waals surface area contributed by atoms with Gasteiger partial charge in [-0.3, -0.25) is 4.98 Å². The van der Waals surface area contributed by atoms with Gasteiger partial charge in [-0.15, -0.1) is 22.7 Å². The molecule has 2 aromatic rings. The van der Waals surface area contributed by atoms with Crippen molar-refractivity contribution in [2.75, 3.05) is 0 Å². The van der Waals surface area contributed by atoms with Crippen LogP contribution < -0.4 is 5.32 Å². The summed E-state index contributed by atoms with van der Waals surface area (Å²) in [6.45, 7) is 5.22. The molecule has 5 heteroatoms. The SMILES string of the molecule is CCC(C)NCc1csc(-c2cncs2)n1. The van der Waals surface area contributed by atoms with E-state index in [0.29, 0.717) is 6.04 Å². The van der Waals surface area contributed by atoms with Crippen molar-refractivity contribution in [1.29, 1.82) is 0 Å². The molecule has 16 heavy (non-hydrogen) atoms. The lowest BCUT2D eigenvalue weighted by molar-refractivity contribution is 0.530. The molecule has 1 atom stereocenters. The maximum atomic E-state index is 4.59. The van der Waals surface area contributed by atoms with Crippen LogP contribution in [0.4, 0.5) is 0 Å². The Kier molecular flexibility index (Phi) is 4.04. The fourth-order valence-corrected chi connectivity index (χ4v) is 2.76. The van der Waals surface area contributed by atoms with Gasteiger partial charge in [0.15, 0.2) is 0 Å². The molecule has 0 saturated heterocycles. The Morgan fingerprint density at radius 3 is 3.00 bits per heavy atom. The molecule has 0 bridgehead atoms. The number of hydrogen-bond acceptors (Lipinski definition) is 5. The van der Waals surface area contributed by atoms with E-state index in [2.05, 4.69) is 34.5 Å². The zero-order valence-corrected chi connectivity index (χ0v) is 11.1. The van der Waals surface area contributed by atoms with Crippen molar-refractivity contribution in [1.82, 2.24) is 15.3 Å². The second-order valence-corrected chi connectivity index (χ2v) is 5.44. The molecular formula is C11H15N3S2. The summed E-state index contributed by atoms with van der Waals surface area (Å²) in [5.74, 6) is 0. The van der Waals surface area contributed by atoms with Crippen molar-refractivity contribution in [3.63, 3.8) is 0 Å². The molecule has 2 rings (SSSR count). The Hall–Kier alpha value is -0.780. The number of nitrogens with one attached hydrogen (secondary N) is 1. The van der Waals surface area contributed by atoms with E-state index in [-0.39, 0.29) is 0 Å². The summed E-state index contributed by atoms with van der Waals surface area (Å²) in [7, 11) is 0. The minimum Gasteiger partial charge on any atom is -0.309 e. The van der Waals surface area contributed by atoms with Crippen molar-refractivity contribution in [2.24, 2.45) is 0 Å². The van der Waals surface area contributed by atoms with Gasteiger partial charge in [-0.1, -0.05) is 6.92 Å². The summed E-state index contributed by atoms with van der Waals surface area (Å²) in [4.78, 5) is 9.80. The number of nitrogens with zero attached hydrogens (tertiary/aromatic N) is 2. The van der Waals surface area contributed by atoms with Gasteiger partial charge in [0.2, 0.25) is 0 Å². The quantitative estimate of drug-likeness (QED) is 0.889. The lowest BCUT2D eigenvalue weighted by atomic mass is 10.2. The predicted octanol–water partition coefficient (Wildman–Crippen LogP) is 3.15. The molecule has 0 saturated carbocycles. The third-order valence-electron chi connectivity index (χ3n) is 2.44. The molecule has 1 N–H and O–H groups in total. The maximum Gasteiger partial charge on any atom is 0.135 e. The largest absolute Gasteiger partial charge is 0.309 e. The van der Waals surface area contributed by atoms with Gasteiger partial charge in [0.25, 0.3) is 0 Å². The van der Waals surface area contributed by atoms with Crippen LogP contribution in [0, 0.1) is 0 Å². The lowest BCUT2D eigenvalue weighted by Gasteiger charge is -2.08. The molecule has 0 aromatic carbocycles. The maximum absolute atomic E-state index is 4.59. The smallest absolute Gasteiger partial charge is 0.135 e. The van der Waals surface area contributed by atoms with Gasteiger partial charge in [-0.25, -0.2) is 4.98 Å². The molecule has 0 amide bonds. The van der Waals surface area contributed by atoms with Crippen LogP contribution in [0.1, 0.15) is 26.0 Å². The zero-order chi connectivity index (χ0) is 11.4. The molecule has 0 radical (unpaired) electrons. The fraction of sp³-hybridized carbons (Fsp3) is 0.455. The fourth-order valence-electron chi connectivity index (χ4n) is 1.25. The Bertz CT molecular complexity index is 422. The van der Waals surface area contributed by atoms with Crippen LogP contribution in [-0.2, 0) is 6.54 Å². The van der Waals surface area contributed by atoms with Gasteiger partial charge in [0, 0.05) is 24.2 Å². The molecule has 86 valence electrons. The van der Waals surface area contributed by atoms with Crippen molar-refractivity contribution in [2.45, 2.75) is 32.9 Å². The number of aromatic nitrogens is 2. The highest BCUT2D eigenvalue weighted by Gasteiger charge is 2.06. The van der Waals surface area contributed by atoms with E-state index in [1.807, 2.05) is 11.7 Å². The molecule has 0 aliphatic heterocycles. The summed E-state index contributed by atoms with van der Waals surface area (Å²) in [6.07, 6.45) is 3.02. The third kappa shape index (κ3) is 2.87. The van der Waals surface area contributed by atoms with Gasteiger partial charge in [-0.05, 0) is 13.3 Å². The second kappa shape index (κ2) is 5.52. The Labute approximate surface area is 104 Å². The molecule has 0 fully saturated rings. The van der Waals surface area contributed by atoms with Crippen molar-refractivity contribution >= 4 is 22.7 Å². The number of rotatable bonds is 5. The van der Waals surface area contributed by atoms with Crippen molar-refractivity contribution in [3.8, 4) is 9.88 Å². The highest BCUT2D eigenvalue weighted by atomic mass is 32.1. The first-order valence-corrected chi connectivity index (χ1v) is 7.12. The van der Waals surface area contributed by atoms with E-state index in [4.69, 9.17) is 0 Å². The number of hydrogen-bond donors (Lipinski definition) is 1. The molecule has 3 nitrogen and oxygen atoms in total. The summed E-state index contributed by atoms with van der Waals surface area (Å²) in [5, 5.41) is 6.63. The van der Waals surface area contributed by atoms with Crippen LogP contribution in [0.2, 0.25) is 0 Å². The average molecular weight is 253 g/mol. The van der Waals surface area contributed by atoms with Crippen molar-refractivity contribution in [3.05, 3.63) is 22.8 Å². The molecule has 0 aliphatic carbocycles. The van der Waals surface area contributed by atoms with Gasteiger partial charge >= 0.3 is 0 Å². The lowest BCUT2D eigenvalue weighted by Crippen LogP contribution is -2.24. The van der Waals surface area contributed by atoms with Crippen LogP contribution in [0.15, 0.2) is 17.1 Å². The van der Waals surface area contributed by atoms with E-state index in [1.54, 1.807) is 22.7 Å². The first-order chi connectivity index (χ1) is 7.79. The second-order valence-electron chi connectivity index (χ2n) is 3.70. The standard InChI is InChI=1S/C11H15N3S2/c1-3-8(2)13-4-9-6-15-11(14-9)10-5-12-7-16-10/h5-8,13H,3-4H2,1-2H3. The summed E-state index contributed by atoms with van der Waals surface area (Å²) < 4.78 is 0. The molecule has 1 unspecified atom stereocenters. The van der Waals surface area contributed by atoms with Gasteiger partial charge in [0.1, 0.15) is 5.01 Å². The van der Waals surface area contributed by atoms with E-state index >= 15 is 0 Å². The van der Waals surface area contributed by atoms with E-state index < -0.39 is 0 Å².